The smallest absolute Gasteiger partial charge is 0.305 e. The standard InChI is InChI=1S/C9H11N5O3S2/c1-6-8(18-9(15)11-6)19(16,17)14-3-2-13-5-10-12-7(13)4-14/h5H,2-4H2,1H3,(H,11,15). The van der Waals surface area contributed by atoms with Crippen molar-refractivity contribution in [2.24, 2.45) is 0 Å². The molecular formula is C9H11N5O3S2. The van der Waals surface area contributed by atoms with Gasteiger partial charge in [0, 0.05) is 18.8 Å². The van der Waals surface area contributed by atoms with E-state index in [0.717, 1.165) is 0 Å². The molecule has 0 atom stereocenters. The Morgan fingerprint density at radius 1 is 1.42 bits per heavy atom. The van der Waals surface area contributed by atoms with E-state index in [1.54, 1.807) is 13.3 Å². The minimum atomic E-state index is -3.65. The Hall–Kier alpha value is -1.52. The van der Waals surface area contributed by atoms with Crippen LogP contribution in [0.15, 0.2) is 15.3 Å². The summed E-state index contributed by atoms with van der Waals surface area (Å²) in [5, 5.41) is 7.64. The van der Waals surface area contributed by atoms with Crippen molar-refractivity contribution in [3.05, 3.63) is 27.5 Å². The maximum Gasteiger partial charge on any atom is 0.305 e. The number of hydrogen-bond donors (Lipinski definition) is 1. The summed E-state index contributed by atoms with van der Waals surface area (Å²) in [4.78, 5) is 13.4. The summed E-state index contributed by atoms with van der Waals surface area (Å²) in [6.45, 7) is 2.62. The van der Waals surface area contributed by atoms with Crippen molar-refractivity contribution in [2.75, 3.05) is 6.54 Å². The third kappa shape index (κ3) is 2.01. The molecule has 1 aliphatic heterocycles. The summed E-state index contributed by atoms with van der Waals surface area (Å²) in [7, 11) is -3.65. The van der Waals surface area contributed by atoms with Crippen molar-refractivity contribution in [2.45, 2.75) is 24.2 Å². The lowest BCUT2D eigenvalue weighted by Gasteiger charge is -2.25. The lowest BCUT2D eigenvalue weighted by molar-refractivity contribution is 0.336. The number of aromatic nitrogens is 4. The van der Waals surface area contributed by atoms with Crippen LogP contribution in [0.5, 0.6) is 0 Å². The molecule has 3 heterocycles. The van der Waals surface area contributed by atoms with Crippen molar-refractivity contribution >= 4 is 21.4 Å². The minimum Gasteiger partial charge on any atom is -0.315 e. The van der Waals surface area contributed by atoms with Crippen LogP contribution in [-0.4, -0.2) is 39.0 Å². The van der Waals surface area contributed by atoms with Crippen LogP contribution in [0.3, 0.4) is 0 Å². The predicted octanol–water partition coefficient (Wildman–Crippen LogP) is -0.459. The number of hydrogen-bond acceptors (Lipinski definition) is 6. The van der Waals surface area contributed by atoms with E-state index in [2.05, 4.69) is 15.2 Å². The Balaban J connectivity index is 1.99. The normalized spacial score (nSPS) is 16.5. The topological polar surface area (TPSA) is 101 Å². The first kappa shape index (κ1) is 12.5. The molecule has 0 amide bonds. The number of aryl methyl sites for hydroxylation is 1. The average molecular weight is 301 g/mol. The highest BCUT2D eigenvalue weighted by Crippen LogP contribution is 2.24. The molecular weight excluding hydrogens is 290 g/mol. The van der Waals surface area contributed by atoms with Gasteiger partial charge in [0.1, 0.15) is 12.2 Å². The van der Waals surface area contributed by atoms with E-state index < -0.39 is 10.0 Å². The summed E-state index contributed by atoms with van der Waals surface area (Å²) in [5.41, 5.74) is 0.377. The van der Waals surface area contributed by atoms with Gasteiger partial charge in [-0.05, 0) is 6.92 Å². The summed E-state index contributed by atoms with van der Waals surface area (Å²) >= 11 is 0.715. The quantitative estimate of drug-likeness (QED) is 0.809. The first-order chi connectivity index (χ1) is 8.98. The number of fused-ring (bicyclic) bond motifs is 1. The van der Waals surface area contributed by atoms with E-state index in [0.29, 0.717) is 35.9 Å². The van der Waals surface area contributed by atoms with Crippen LogP contribution in [0.1, 0.15) is 11.5 Å². The highest BCUT2D eigenvalue weighted by molar-refractivity contribution is 7.91. The lowest BCUT2D eigenvalue weighted by Crippen LogP contribution is -2.38. The van der Waals surface area contributed by atoms with Gasteiger partial charge in [-0.2, -0.15) is 4.31 Å². The zero-order valence-electron chi connectivity index (χ0n) is 10.0. The third-order valence-corrected chi connectivity index (χ3v) is 6.39. The SMILES string of the molecule is Cc1[nH]c(=O)sc1S(=O)(=O)N1CCn2cnnc2C1. The fourth-order valence-corrected chi connectivity index (χ4v) is 4.82. The van der Waals surface area contributed by atoms with E-state index in [4.69, 9.17) is 0 Å². The van der Waals surface area contributed by atoms with Gasteiger partial charge in [0.2, 0.25) is 0 Å². The van der Waals surface area contributed by atoms with E-state index in [-0.39, 0.29) is 15.6 Å². The van der Waals surface area contributed by atoms with Crippen LogP contribution < -0.4 is 4.87 Å². The van der Waals surface area contributed by atoms with Gasteiger partial charge in [-0.15, -0.1) is 10.2 Å². The second kappa shape index (κ2) is 4.25. The summed E-state index contributed by atoms with van der Waals surface area (Å²) in [5.74, 6) is 0.607. The fourth-order valence-electron chi connectivity index (χ4n) is 2.00. The fraction of sp³-hybridized carbons (Fsp3) is 0.444. The minimum absolute atomic E-state index is 0.0745. The maximum atomic E-state index is 12.5. The number of thiazole rings is 1. The Morgan fingerprint density at radius 2 is 2.21 bits per heavy atom. The van der Waals surface area contributed by atoms with Crippen LogP contribution in [0.25, 0.3) is 0 Å². The van der Waals surface area contributed by atoms with E-state index in [9.17, 15) is 13.2 Å². The molecule has 0 aliphatic carbocycles. The zero-order chi connectivity index (χ0) is 13.6. The summed E-state index contributed by atoms with van der Waals surface area (Å²) < 4.78 is 28.2. The van der Waals surface area contributed by atoms with Gasteiger partial charge >= 0.3 is 4.87 Å². The van der Waals surface area contributed by atoms with E-state index in [1.165, 1.54) is 4.31 Å². The van der Waals surface area contributed by atoms with Crippen LogP contribution in [0, 0.1) is 6.92 Å². The molecule has 0 fully saturated rings. The summed E-state index contributed by atoms with van der Waals surface area (Å²) in [6.07, 6.45) is 1.58. The Morgan fingerprint density at radius 3 is 2.89 bits per heavy atom. The van der Waals surface area contributed by atoms with Crippen molar-refractivity contribution in [1.29, 1.82) is 0 Å². The van der Waals surface area contributed by atoms with Crippen LogP contribution >= 0.6 is 11.3 Å². The maximum absolute atomic E-state index is 12.5. The van der Waals surface area contributed by atoms with Crippen molar-refractivity contribution in [3.63, 3.8) is 0 Å². The largest absolute Gasteiger partial charge is 0.315 e. The van der Waals surface area contributed by atoms with Gasteiger partial charge in [-0.25, -0.2) is 8.42 Å². The second-order valence-electron chi connectivity index (χ2n) is 4.21. The van der Waals surface area contributed by atoms with E-state index in [1.807, 2.05) is 4.57 Å². The van der Waals surface area contributed by atoms with Crippen LogP contribution in [0.4, 0.5) is 0 Å². The molecule has 0 saturated carbocycles. The molecule has 1 aliphatic rings. The van der Waals surface area contributed by atoms with Gasteiger partial charge < -0.3 is 9.55 Å². The van der Waals surface area contributed by atoms with Gasteiger partial charge in [0.15, 0.2) is 4.21 Å². The molecule has 0 radical (unpaired) electrons. The molecule has 1 N–H and O–H groups in total. The van der Waals surface area contributed by atoms with E-state index >= 15 is 0 Å². The van der Waals surface area contributed by atoms with Gasteiger partial charge in [-0.3, -0.25) is 4.79 Å². The van der Waals surface area contributed by atoms with Crippen molar-refractivity contribution < 1.29 is 8.42 Å². The second-order valence-corrected chi connectivity index (χ2v) is 7.32. The number of nitrogens with one attached hydrogen (secondary N) is 1. The van der Waals surface area contributed by atoms with Gasteiger partial charge in [0.25, 0.3) is 10.0 Å². The first-order valence-corrected chi connectivity index (χ1v) is 7.80. The Bertz CT molecular complexity index is 772. The average Bonchev–Trinajstić information content (AvgIpc) is 2.94. The Labute approximate surface area is 112 Å². The van der Waals surface area contributed by atoms with Crippen LogP contribution in [-0.2, 0) is 23.1 Å². The number of sulfonamides is 1. The molecule has 102 valence electrons. The van der Waals surface area contributed by atoms with Gasteiger partial charge in [-0.1, -0.05) is 11.3 Å². The highest BCUT2D eigenvalue weighted by Gasteiger charge is 2.32. The molecule has 2 aromatic rings. The third-order valence-electron chi connectivity index (χ3n) is 2.96. The summed E-state index contributed by atoms with van der Waals surface area (Å²) in [6, 6.07) is 0. The molecule has 10 heteroatoms. The molecule has 3 rings (SSSR count). The van der Waals surface area contributed by atoms with Crippen molar-refractivity contribution in [3.8, 4) is 0 Å². The monoisotopic (exact) mass is 301 g/mol. The van der Waals surface area contributed by atoms with Gasteiger partial charge in [0.05, 0.1) is 6.54 Å². The number of H-pyrrole nitrogens is 1. The Kier molecular flexibility index (Phi) is 2.80. The molecule has 0 spiro atoms. The number of rotatable bonds is 2. The van der Waals surface area contributed by atoms with Crippen LogP contribution in [0.2, 0.25) is 0 Å². The number of aromatic amines is 1. The molecule has 0 bridgehead atoms. The molecule has 0 unspecified atom stereocenters. The molecule has 0 saturated heterocycles. The molecule has 19 heavy (non-hydrogen) atoms. The first-order valence-electron chi connectivity index (χ1n) is 5.55. The lowest BCUT2D eigenvalue weighted by atomic mass is 10.4. The zero-order valence-corrected chi connectivity index (χ0v) is 11.7. The molecule has 2 aromatic heterocycles. The highest BCUT2D eigenvalue weighted by atomic mass is 32.2. The molecule has 8 nitrogen and oxygen atoms in total. The van der Waals surface area contributed by atoms with Crippen molar-refractivity contribution in [1.82, 2.24) is 24.1 Å². The molecule has 0 aromatic carbocycles. The predicted molar refractivity (Wildman–Crippen MR) is 67.3 cm³/mol. The number of nitrogens with zero attached hydrogens (tertiary/aromatic N) is 4.